The lowest BCUT2D eigenvalue weighted by molar-refractivity contribution is 0.452. The molecule has 0 radical (unpaired) electrons. The molecule has 0 aliphatic heterocycles. The smallest absolute Gasteiger partial charge is 0.207 e. The second-order valence-corrected chi connectivity index (χ2v) is 7.08. The molecule has 3 nitrogen and oxygen atoms in total. The lowest BCUT2D eigenvalue weighted by Crippen LogP contribution is -2.30. The fraction of sp³-hybridized carbons (Fsp3) is 0.538. The van der Waals surface area contributed by atoms with Crippen LogP contribution in [0.25, 0.3) is 0 Å². The molecule has 0 aromatic heterocycles. The van der Waals surface area contributed by atoms with E-state index in [9.17, 15) is 12.8 Å². The molecular weight excluding hydrogens is 253 g/mol. The Morgan fingerprint density at radius 1 is 1.28 bits per heavy atom. The summed E-state index contributed by atoms with van der Waals surface area (Å²) >= 11 is 0. The van der Waals surface area contributed by atoms with Gasteiger partial charge in [-0.05, 0) is 55.9 Å². The predicted molar refractivity (Wildman–Crippen MR) is 68.4 cm³/mol. The Labute approximate surface area is 108 Å². The van der Waals surface area contributed by atoms with E-state index in [2.05, 4.69) is 0 Å². The third kappa shape index (κ3) is 2.57. The quantitative estimate of drug-likeness (QED) is 0.843. The van der Waals surface area contributed by atoms with E-state index in [0.717, 1.165) is 12.8 Å². The van der Waals surface area contributed by atoms with E-state index in [0.29, 0.717) is 23.6 Å². The first-order valence-electron chi connectivity index (χ1n) is 6.05. The summed E-state index contributed by atoms with van der Waals surface area (Å²) in [4.78, 5) is 0.243. The zero-order valence-electron chi connectivity index (χ0n) is 10.9. The molecule has 1 aromatic carbocycles. The molecule has 18 heavy (non-hydrogen) atoms. The van der Waals surface area contributed by atoms with E-state index in [-0.39, 0.29) is 4.90 Å². The number of rotatable bonds is 4. The van der Waals surface area contributed by atoms with Crippen LogP contribution in [-0.2, 0) is 10.0 Å². The Kier molecular flexibility index (Phi) is 3.47. The first-order chi connectivity index (χ1) is 8.32. The van der Waals surface area contributed by atoms with Crippen molar-refractivity contribution in [1.82, 2.24) is 4.31 Å². The first kappa shape index (κ1) is 13.5. The van der Waals surface area contributed by atoms with Crippen LogP contribution in [0.3, 0.4) is 0 Å². The molecule has 0 amide bonds. The van der Waals surface area contributed by atoms with Crippen LogP contribution in [0, 0.1) is 25.6 Å². The van der Waals surface area contributed by atoms with Crippen LogP contribution in [0.15, 0.2) is 17.0 Å². The van der Waals surface area contributed by atoms with E-state index in [4.69, 9.17) is 0 Å². The largest absolute Gasteiger partial charge is 0.243 e. The molecule has 5 heteroatoms. The van der Waals surface area contributed by atoms with Crippen LogP contribution in [-0.4, -0.2) is 26.3 Å². The molecule has 100 valence electrons. The molecule has 1 saturated carbocycles. The third-order valence-electron chi connectivity index (χ3n) is 3.31. The molecule has 2 rings (SSSR count). The Morgan fingerprint density at radius 2 is 1.78 bits per heavy atom. The SMILES string of the molecule is Cc1cc(F)cc(C)c1S(=O)(=O)N(C)CC1CC1. The van der Waals surface area contributed by atoms with Crippen LogP contribution in [0.2, 0.25) is 0 Å². The van der Waals surface area contributed by atoms with Gasteiger partial charge in [0.1, 0.15) is 5.82 Å². The minimum Gasteiger partial charge on any atom is -0.207 e. The third-order valence-corrected chi connectivity index (χ3v) is 5.44. The maximum Gasteiger partial charge on any atom is 0.243 e. The maximum atomic E-state index is 13.2. The fourth-order valence-electron chi connectivity index (χ4n) is 2.22. The van der Waals surface area contributed by atoms with E-state index >= 15 is 0 Å². The van der Waals surface area contributed by atoms with Gasteiger partial charge < -0.3 is 0 Å². The van der Waals surface area contributed by atoms with E-state index in [1.807, 2.05) is 0 Å². The van der Waals surface area contributed by atoms with Gasteiger partial charge in [0.2, 0.25) is 10.0 Å². The molecule has 0 spiro atoms. The summed E-state index contributed by atoms with van der Waals surface area (Å²) in [5.41, 5.74) is 0.935. The summed E-state index contributed by atoms with van der Waals surface area (Å²) in [5.74, 6) is 0.0969. The predicted octanol–water partition coefficient (Wildman–Crippen LogP) is 2.47. The highest BCUT2D eigenvalue weighted by Crippen LogP contribution is 2.32. The van der Waals surface area contributed by atoms with Gasteiger partial charge in [0.15, 0.2) is 0 Å². The lowest BCUT2D eigenvalue weighted by atomic mass is 10.1. The van der Waals surface area contributed by atoms with Crippen molar-refractivity contribution in [2.45, 2.75) is 31.6 Å². The summed E-state index contributed by atoms with van der Waals surface area (Å²) in [7, 11) is -1.91. The van der Waals surface area contributed by atoms with Crippen LogP contribution in [0.1, 0.15) is 24.0 Å². The van der Waals surface area contributed by atoms with Crippen molar-refractivity contribution in [1.29, 1.82) is 0 Å². The lowest BCUT2D eigenvalue weighted by Gasteiger charge is -2.19. The summed E-state index contributed by atoms with van der Waals surface area (Å²) in [6.45, 7) is 3.82. The number of sulfonamides is 1. The van der Waals surface area contributed by atoms with Crippen molar-refractivity contribution in [3.63, 3.8) is 0 Å². The molecule has 0 atom stereocenters. The molecule has 1 aliphatic rings. The molecule has 1 fully saturated rings. The van der Waals surface area contributed by atoms with Gasteiger partial charge in [-0.3, -0.25) is 0 Å². The fourth-order valence-corrected chi connectivity index (χ4v) is 3.87. The summed E-state index contributed by atoms with van der Waals surface area (Å²) < 4.78 is 39.5. The Morgan fingerprint density at radius 3 is 2.22 bits per heavy atom. The standard InChI is InChI=1S/C13H18FNO2S/c1-9-6-12(14)7-10(2)13(9)18(16,17)15(3)8-11-4-5-11/h6-7,11H,4-5,8H2,1-3H3. The number of nitrogens with zero attached hydrogens (tertiary/aromatic N) is 1. The number of aryl methyl sites for hydroxylation is 2. The number of halogens is 1. The zero-order chi connectivity index (χ0) is 13.5. The first-order valence-corrected chi connectivity index (χ1v) is 7.49. The van der Waals surface area contributed by atoms with Gasteiger partial charge in [0.05, 0.1) is 4.90 Å². The van der Waals surface area contributed by atoms with Crippen LogP contribution in [0.5, 0.6) is 0 Å². The minimum absolute atomic E-state index is 0.243. The molecule has 0 N–H and O–H groups in total. The topological polar surface area (TPSA) is 37.4 Å². The van der Waals surface area contributed by atoms with Gasteiger partial charge in [-0.2, -0.15) is 0 Å². The van der Waals surface area contributed by atoms with Gasteiger partial charge in [-0.15, -0.1) is 0 Å². The zero-order valence-corrected chi connectivity index (χ0v) is 11.7. The monoisotopic (exact) mass is 271 g/mol. The van der Waals surface area contributed by atoms with Crippen LogP contribution in [0.4, 0.5) is 4.39 Å². The van der Waals surface area contributed by atoms with Crippen molar-refractivity contribution in [2.75, 3.05) is 13.6 Å². The van der Waals surface area contributed by atoms with Crippen molar-refractivity contribution in [2.24, 2.45) is 5.92 Å². The highest BCUT2D eigenvalue weighted by atomic mass is 32.2. The Bertz CT molecular complexity index is 541. The number of hydrogen-bond acceptors (Lipinski definition) is 2. The molecule has 0 saturated heterocycles. The minimum atomic E-state index is -3.51. The van der Waals surface area contributed by atoms with Crippen molar-refractivity contribution in [3.8, 4) is 0 Å². The van der Waals surface area contributed by atoms with Crippen molar-refractivity contribution < 1.29 is 12.8 Å². The second-order valence-electron chi connectivity index (χ2n) is 5.10. The van der Waals surface area contributed by atoms with Gasteiger partial charge >= 0.3 is 0 Å². The average molecular weight is 271 g/mol. The van der Waals surface area contributed by atoms with Crippen LogP contribution >= 0.6 is 0 Å². The van der Waals surface area contributed by atoms with Crippen molar-refractivity contribution >= 4 is 10.0 Å². The molecule has 1 aromatic rings. The Hall–Kier alpha value is -0.940. The number of benzene rings is 1. The molecule has 0 bridgehead atoms. The molecular formula is C13H18FNO2S. The van der Waals surface area contributed by atoms with E-state index < -0.39 is 15.8 Å². The second kappa shape index (κ2) is 4.63. The normalized spacial score (nSPS) is 16.3. The highest BCUT2D eigenvalue weighted by molar-refractivity contribution is 7.89. The molecule has 1 aliphatic carbocycles. The van der Waals surface area contributed by atoms with Gasteiger partial charge in [-0.25, -0.2) is 17.1 Å². The average Bonchev–Trinajstić information content (AvgIpc) is 2.98. The van der Waals surface area contributed by atoms with E-state index in [1.165, 1.54) is 16.4 Å². The number of hydrogen-bond donors (Lipinski definition) is 0. The van der Waals surface area contributed by atoms with E-state index in [1.54, 1.807) is 20.9 Å². The Balaban J connectivity index is 2.39. The highest BCUT2D eigenvalue weighted by Gasteiger charge is 2.30. The molecule has 0 heterocycles. The maximum absolute atomic E-state index is 13.2. The summed E-state index contributed by atoms with van der Waals surface area (Å²) in [6, 6.07) is 2.54. The summed E-state index contributed by atoms with van der Waals surface area (Å²) in [5, 5.41) is 0. The van der Waals surface area contributed by atoms with Crippen LogP contribution < -0.4 is 0 Å². The van der Waals surface area contributed by atoms with Gasteiger partial charge in [-0.1, -0.05) is 0 Å². The van der Waals surface area contributed by atoms with Crippen molar-refractivity contribution in [3.05, 3.63) is 29.1 Å². The van der Waals surface area contributed by atoms with Gasteiger partial charge in [0.25, 0.3) is 0 Å². The van der Waals surface area contributed by atoms with Gasteiger partial charge in [0, 0.05) is 13.6 Å². The molecule has 0 unspecified atom stereocenters. The summed E-state index contributed by atoms with van der Waals surface area (Å²) in [6.07, 6.45) is 2.20.